The second-order valence-electron chi connectivity index (χ2n) is 2.88. The largest absolute Gasteiger partial charge is 0.0912 e. The van der Waals surface area contributed by atoms with E-state index in [1.807, 2.05) is 0 Å². The van der Waals surface area contributed by atoms with Gasteiger partial charge in [0.25, 0.3) is 0 Å². The highest BCUT2D eigenvalue weighted by atomic mass is 79.9. The maximum absolute atomic E-state index is 3.77. The fraction of sp³-hybridized carbons (Fsp3) is 1.00. The van der Waals surface area contributed by atoms with Crippen molar-refractivity contribution in [1.82, 2.24) is 0 Å². The Kier molecular flexibility index (Phi) is 3.72. The molecule has 2 atom stereocenters. The van der Waals surface area contributed by atoms with E-state index in [9.17, 15) is 0 Å². The van der Waals surface area contributed by atoms with Crippen molar-refractivity contribution < 1.29 is 0 Å². The molecule has 0 amide bonds. The van der Waals surface area contributed by atoms with Crippen molar-refractivity contribution in [2.24, 2.45) is 0 Å². The van der Waals surface area contributed by atoms with Crippen LogP contribution in [0.1, 0.15) is 25.7 Å². The van der Waals surface area contributed by atoms with E-state index in [0.29, 0.717) is 9.15 Å². The highest BCUT2D eigenvalue weighted by Crippen LogP contribution is 2.41. The minimum Gasteiger partial charge on any atom is -0.0912 e. The minimum atomic E-state index is 0.325. The normalized spacial score (nSPS) is 41.7. The van der Waals surface area contributed by atoms with Gasteiger partial charge >= 0.3 is 0 Å². The van der Waals surface area contributed by atoms with Crippen molar-refractivity contribution >= 4 is 47.8 Å². The molecule has 0 unspecified atom stereocenters. The number of hydrogen-bond acceptors (Lipinski definition) is 0. The molecule has 0 nitrogen and oxygen atoms in total. The van der Waals surface area contributed by atoms with Gasteiger partial charge in [-0.2, -0.15) is 0 Å². The molecule has 1 fully saturated rings. The number of hydrogen-bond donors (Lipinski definition) is 0. The molecule has 0 heterocycles. The van der Waals surface area contributed by atoms with Crippen LogP contribution in [0, 0.1) is 0 Å². The van der Waals surface area contributed by atoms with E-state index in [4.69, 9.17) is 0 Å². The Morgan fingerprint density at radius 2 is 2.10 bits per heavy atom. The lowest BCUT2D eigenvalue weighted by molar-refractivity contribution is 0.453. The summed E-state index contributed by atoms with van der Waals surface area (Å²) in [4.78, 5) is 0.646. The van der Waals surface area contributed by atoms with Crippen LogP contribution in [0.2, 0.25) is 0 Å². The quantitative estimate of drug-likeness (QED) is 0.639. The molecule has 0 spiro atoms. The lowest BCUT2D eigenvalue weighted by atomic mass is 9.90. The maximum atomic E-state index is 3.77. The summed E-state index contributed by atoms with van der Waals surface area (Å²) in [6, 6.07) is 0. The first-order chi connectivity index (χ1) is 4.69. The van der Waals surface area contributed by atoms with Gasteiger partial charge < -0.3 is 0 Å². The third kappa shape index (κ3) is 1.98. The molecule has 0 aromatic heterocycles. The Morgan fingerprint density at radius 1 is 1.40 bits per heavy atom. The van der Waals surface area contributed by atoms with Gasteiger partial charge in [-0.3, -0.25) is 0 Å². The molecule has 0 radical (unpaired) electrons. The first-order valence-electron chi connectivity index (χ1n) is 3.58. The third-order valence-corrected chi connectivity index (χ3v) is 7.01. The van der Waals surface area contributed by atoms with Crippen LogP contribution in [0.3, 0.4) is 0 Å². The summed E-state index contributed by atoms with van der Waals surface area (Å²) in [5.74, 6) is 0. The zero-order valence-corrected chi connectivity index (χ0v) is 10.5. The van der Waals surface area contributed by atoms with Gasteiger partial charge in [-0.25, -0.2) is 0 Å². The molecule has 1 aliphatic rings. The van der Waals surface area contributed by atoms with Crippen LogP contribution in [0.15, 0.2) is 0 Å². The van der Waals surface area contributed by atoms with Crippen molar-refractivity contribution in [3.63, 3.8) is 0 Å². The lowest BCUT2D eigenvalue weighted by Gasteiger charge is -2.34. The van der Waals surface area contributed by atoms with E-state index in [-0.39, 0.29) is 0 Å². The summed E-state index contributed by atoms with van der Waals surface area (Å²) in [7, 11) is 0. The predicted octanol–water partition coefficient (Wildman–Crippen LogP) is 3.85. The summed E-state index contributed by atoms with van der Waals surface area (Å²) in [6.07, 6.45) is 5.32. The van der Waals surface area contributed by atoms with Crippen molar-refractivity contribution in [1.29, 1.82) is 0 Å². The summed E-state index contributed by atoms with van der Waals surface area (Å²) in [5.41, 5.74) is 0. The van der Waals surface area contributed by atoms with Crippen LogP contribution in [-0.2, 0) is 0 Å². The second-order valence-corrected chi connectivity index (χ2v) is 6.13. The summed E-state index contributed by atoms with van der Waals surface area (Å²) in [5, 5.41) is 1.05. The minimum absolute atomic E-state index is 0.325. The van der Waals surface area contributed by atoms with Crippen LogP contribution in [-0.4, -0.2) is 14.5 Å². The summed E-state index contributed by atoms with van der Waals surface area (Å²) < 4.78 is 0.325. The highest BCUT2D eigenvalue weighted by Gasteiger charge is 2.35. The van der Waals surface area contributed by atoms with Crippen molar-refractivity contribution in [3.8, 4) is 0 Å². The smallest absolute Gasteiger partial charge is 0.0479 e. The van der Waals surface area contributed by atoms with Crippen LogP contribution in [0.25, 0.3) is 0 Å². The first kappa shape index (κ1) is 9.53. The van der Waals surface area contributed by atoms with Crippen LogP contribution >= 0.6 is 47.8 Å². The topological polar surface area (TPSA) is 0 Å². The van der Waals surface area contributed by atoms with E-state index in [2.05, 4.69) is 47.8 Å². The maximum Gasteiger partial charge on any atom is 0.0479 e. The van der Waals surface area contributed by atoms with Gasteiger partial charge in [0.05, 0.1) is 0 Å². The Morgan fingerprint density at radius 3 is 2.50 bits per heavy atom. The second kappa shape index (κ2) is 3.90. The fourth-order valence-corrected chi connectivity index (χ4v) is 3.64. The number of alkyl halides is 3. The molecule has 0 bridgehead atoms. The SMILES string of the molecule is BrC[C@@]1(Br)CCCC[C@H]1Br. The molecule has 0 aliphatic heterocycles. The highest BCUT2D eigenvalue weighted by molar-refractivity contribution is 9.14. The summed E-state index contributed by atoms with van der Waals surface area (Å²) in [6.45, 7) is 0. The van der Waals surface area contributed by atoms with Gasteiger partial charge in [0, 0.05) is 14.5 Å². The van der Waals surface area contributed by atoms with E-state index in [1.54, 1.807) is 0 Å². The van der Waals surface area contributed by atoms with Crippen molar-refractivity contribution in [2.45, 2.75) is 34.8 Å². The Bertz CT molecular complexity index is 115. The van der Waals surface area contributed by atoms with E-state index >= 15 is 0 Å². The fourth-order valence-electron chi connectivity index (χ4n) is 1.31. The monoisotopic (exact) mass is 332 g/mol. The number of halogens is 3. The Labute approximate surface area is 87.5 Å². The van der Waals surface area contributed by atoms with E-state index in [0.717, 1.165) is 5.33 Å². The molecule has 10 heavy (non-hydrogen) atoms. The molecule has 0 N–H and O–H groups in total. The molecule has 1 saturated carbocycles. The van der Waals surface area contributed by atoms with Gasteiger partial charge in [0.2, 0.25) is 0 Å². The van der Waals surface area contributed by atoms with Gasteiger partial charge in [-0.15, -0.1) is 0 Å². The molecule has 3 heteroatoms. The first-order valence-corrected chi connectivity index (χ1v) is 6.41. The molecule has 0 saturated heterocycles. The Hall–Kier alpha value is 1.44. The van der Waals surface area contributed by atoms with Gasteiger partial charge in [-0.1, -0.05) is 60.6 Å². The molecule has 1 rings (SSSR count). The average Bonchev–Trinajstić information content (AvgIpc) is 1.96. The third-order valence-electron chi connectivity index (χ3n) is 2.08. The summed E-state index contributed by atoms with van der Waals surface area (Å²) >= 11 is 11.0. The molecular weight excluding hydrogens is 324 g/mol. The molecule has 0 aromatic carbocycles. The molecule has 0 aromatic rings. The van der Waals surface area contributed by atoms with Crippen molar-refractivity contribution in [2.75, 3.05) is 5.33 Å². The average molecular weight is 335 g/mol. The van der Waals surface area contributed by atoms with Crippen molar-refractivity contribution in [3.05, 3.63) is 0 Å². The van der Waals surface area contributed by atoms with Crippen LogP contribution in [0.4, 0.5) is 0 Å². The molecular formula is C7H11Br3. The van der Waals surface area contributed by atoms with Crippen LogP contribution < -0.4 is 0 Å². The van der Waals surface area contributed by atoms with Crippen LogP contribution in [0.5, 0.6) is 0 Å². The Balaban J connectivity index is 2.54. The molecule has 60 valence electrons. The van der Waals surface area contributed by atoms with Gasteiger partial charge in [-0.05, 0) is 12.8 Å². The predicted molar refractivity (Wildman–Crippen MR) is 56.6 cm³/mol. The lowest BCUT2D eigenvalue weighted by Crippen LogP contribution is -2.36. The van der Waals surface area contributed by atoms with Gasteiger partial charge in [0.1, 0.15) is 0 Å². The standard InChI is InChI=1S/C7H11Br3/c8-5-7(10)4-2-1-3-6(7)9/h6H,1-5H2/t6-,7+/m1/s1. The molecule has 1 aliphatic carbocycles. The number of rotatable bonds is 1. The van der Waals surface area contributed by atoms with E-state index in [1.165, 1.54) is 25.7 Å². The van der Waals surface area contributed by atoms with E-state index < -0.39 is 0 Å². The zero-order valence-electron chi connectivity index (χ0n) is 5.75. The van der Waals surface area contributed by atoms with Gasteiger partial charge in [0.15, 0.2) is 0 Å². The zero-order chi connectivity index (χ0) is 7.61.